The van der Waals surface area contributed by atoms with E-state index in [1.165, 1.54) is 5.56 Å². The van der Waals surface area contributed by atoms with E-state index in [0.29, 0.717) is 5.56 Å². The number of rotatable bonds is 4. The molecule has 24 heavy (non-hydrogen) atoms. The minimum Gasteiger partial charge on any atom is -0.396 e. The highest BCUT2D eigenvalue weighted by Crippen LogP contribution is 2.36. The molecule has 3 rings (SSSR count). The van der Waals surface area contributed by atoms with Crippen LogP contribution in [0.5, 0.6) is 0 Å². The Morgan fingerprint density at radius 3 is 2.54 bits per heavy atom. The molecule has 2 aromatic rings. The first-order chi connectivity index (χ1) is 11.6. The molecule has 4 nitrogen and oxygen atoms in total. The van der Waals surface area contributed by atoms with Crippen LogP contribution in [0.2, 0.25) is 5.02 Å². The molecule has 0 radical (unpaired) electrons. The van der Waals surface area contributed by atoms with Gasteiger partial charge in [-0.25, -0.2) is 4.98 Å². The van der Waals surface area contributed by atoms with E-state index < -0.39 is 0 Å². The van der Waals surface area contributed by atoms with Gasteiger partial charge in [0.1, 0.15) is 5.82 Å². The monoisotopic (exact) mass is 341 g/mol. The number of halogens is 1. The molecule has 1 saturated heterocycles. The molecule has 124 valence electrons. The minimum atomic E-state index is -0.100. The minimum absolute atomic E-state index is 0.100. The molecule has 0 spiro atoms. The maximum Gasteiger partial charge on any atom is 0.129 e. The summed E-state index contributed by atoms with van der Waals surface area (Å²) in [5.74, 6) is 0.840. The maximum atomic E-state index is 9.99. The van der Waals surface area contributed by atoms with E-state index >= 15 is 0 Å². The lowest BCUT2D eigenvalue weighted by atomic mass is 9.74. The number of pyridine rings is 1. The lowest BCUT2D eigenvalue weighted by molar-refractivity contribution is 0.0961. The first-order valence-corrected chi connectivity index (χ1v) is 8.48. The molecule has 1 aromatic heterocycles. The third-order valence-electron chi connectivity index (χ3n) is 4.85. The maximum absolute atomic E-state index is 9.99. The van der Waals surface area contributed by atoms with Crippen LogP contribution in [0.15, 0.2) is 42.6 Å². The largest absolute Gasteiger partial charge is 0.396 e. The van der Waals surface area contributed by atoms with Gasteiger partial charge in [-0.1, -0.05) is 23.7 Å². The van der Waals surface area contributed by atoms with E-state index in [9.17, 15) is 5.11 Å². The molecule has 0 unspecified atom stereocenters. The molecule has 1 aromatic carbocycles. The van der Waals surface area contributed by atoms with E-state index in [1.807, 2.05) is 30.3 Å². The van der Waals surface area contributed by atoms with Gasteiger partial charge in [0.15, 0.2) is 0 Å². The van der Waals surface area contributed by atoms with E-state index in [0.717, 1.165) is 43.2 Å². The highest BCUT2D eigenvalue weighted by Gasteiger charge is 2.34. The first-order valence-electron chi connectivity index (χ1n) is 8.11. The Kier molecular flexibility index (Phi) is 5.03. The van der Waals surface area contributed by atoms with Crippen molar-refractivity contribution < 1.29 is 5.11 Å². The number of nitriles is 1. The van der Waals surface area contributed by atoms with Crippen molar-refractivity contribution in [1.82, 2.24) is 4.98 Å². The van der Waals surface area contributed by atoms with Crippen LogP contribution in [0.25, 0.3) is 0 Å². The Balaban J connectivity index is 1.69. The Hall–Kier alpha value is -2.09. The molecule has 0 saturated carbocycles. The zero-order valence-electron chi connectivity index (χ0n) is 13.5. The lowest BCUT2D eigenvalue weighted by Gasteiger charge is -2.41. The van der Waals surface area contributed by atoms with Crippen LogP contribution in [0.4, 0.5) is 5.82 Å². The molecule has 5 heteroatoms. The zero-order chi connectivity index (χ0) is 17.0. The molecule has 1 N–H and O–H groups in total. The van der Waals surface area contributed by atoms with Gasteiger partial charge in [0, 0.05) is 36.3 Å². The van der Waals surface area contributed by atoms with Crippen LogP contribution in [0.1, 0.15) is 24.0 Å². The van der Waals surface area contributed by atoms with Gasteiger partial charge in [0.2, 0.25) is 0 Å². The van der Waals surface area contributed by atoms with Crippen molar-refractivity contribution in [3.8, 4) is 6.07 Å². The molecule has 0 aliphatic carbocycles. The molecule has 2 heterocycles. The van der Waals surface area contributed by atoms with Crippen molar-refractivity contribution in [2.24, 2.45) is 5.41 Å². The van der Waals surface area contributed by atoms with E-state index in [4.69, 9.17) is 16.9 Å². The molecule has 1 aliphatic heterocycles. The predicted molar refractivity (Wildman–Crippen MR) is 95.1 cm³/mol. The average Bonchev–Trinajstić information content (AvgIpc) is 2.64. The van der Waals surface area contributed by atoms with Crippen LogP contribution in [0.3, 0.4) is 0 Å². The Labute approximate surface area is 147 Å². The number of benzene rings is 1. The normalized spacial score (nSPS) is 16.6. The van der Waals surface area contributed by atoms with Gasteiger partial charge in [-0.3, -0.25) is 0 Å². The number of anilines is 1. The third-order valence-corrected chi connectivity index (χ3v) is 5.10. The van der Waals surface area contributed by atoms with Crippen molar-refractivity contribution in [2.75, 3.05) is 24.6 Å². The summed E-state index contributed by atoms with van der Waals surface area (Å²) in [7, 11) is 0. The van der Waals surface area contributed by atoms with Gasteiger partial charge < -0.3 is 10.0 Å². The fraction of sp³-hybridized carbons (Fsp3) is 0.368. The van der Waals surface area contributed by atoms with Gasteiger partial charge >= 0.3 is 0 Å². The second-order valence-electron chi connectivity index (χ2n) is 6.46. The summed E-state index contributed by atoms with van der Waals surface area (Å²) < 4.78 is 0. The fourth-order valence-electron chi connectivity index (χ4n) is 3.30. The van der Waals surface area contributed by atoms with E-state index in [1.54, 1.807) is 12.3 Å². The summed E-state index contributed by atoms with van der Waals surface area (Å²) in [4.78, 5) is 6.57. The molecule has 1 fully saturated rings. The van der Waals surface area contributed by atoms with Gasteiger partial charge in [0.25, 0.3) is 0 Å². The van der Waals surface area contributed by atoms with Crippen LogP contribution in [0, 0.1) is 16.7 Å². The highest BCUT2D eigenvalue weighted by atomic mass is 35.5. The summed E-state index contributed by atoms with van der Waals surface area (Å²) in [5, 5.41) is 19.8. The molecule has 0 amide bonds. The van der Waals surface area contributed by atoms with Gasteiger partial charge in [-0.05, 0) is 49.1 Å². The standard InChI is InChI=1S/C19H20ClN3O/c20-17-3-1-15(2-4-17)12-19(14-24)6-9-23(10-7-19)18-11-16(13-21)5-8-22-18/h1-5,8,11,24H,6-7,9-10,12,14H2. The number of hydrogen-bond donors (Lipinski definition) is 1. The van der Waals surface area contributed by atoms with E-state index in [-0.39, 0.29) is 12.0 Å². The fourth-order valence-corrected chi connectivity index (χ4v) is 3.42. The second kappa shape index (κ2) is 7.21. The van der Waals surface area contributed by atoms with Crippen molar-refractivity contribution >= 4 is 17.4 Å². The van der Waals surface area contributed by atoms with Crippen molar-refractivity contribution in [2.45, 2.75) is 19.3 Å². The van der Waals surface area contributed by atoms with Crippen molar-refractivity contribution in [3.05, 3.63) is 58.7 Å². The number of aromatic nitrogens is 1. The van der Waals surface area contributed by atoms with Gasteiger partial charge in [-0.2, -0.15) is 5.26 Å². The number of piperidine rings is 1. The molecular weight excluding hydrogens is 322 g/mol. The quantitative estimate of drug-likeness (QED) is 0.925. The molecular formula is C19H20ClN3O. The lowest BCUT2D eigenvalue weighted by Crippen LogP contribution is -2.43. The Morgan fingerprint density at radius 1 is 1.21 bits per heavy atom. The van der Waals surface area contributed by atoms with Crippen LogP contribution < -0.4 is 4.90 Å². The molecule has 0 atom stereocenters. The molecule has 1 aliphatic rings. The molecule has 0 bridgehead atoms. The van der Waals surface area contributed by atoms with Gasteiger partial charge in [0.05, 0.1) is 11.6 Å². The SMILES string of the molecule is N#Cc1ccnc(N2CCC(CO)(Cc3ccc(Cl)cc3)CC2)c1. The first kappa shape index (κ1) is 16.8. The van der Waals surface area contributed by atoms with Crippen LogP contribution in [-0.4, -0.2) is 29.8 Å². The number of aliphatic hydroxyl groups excluding tert-OH is 1. The van der Waals surface area contributed by atoms with Crippen LogP contribution >= 0.6 is 11.6 Å². The summed E-state index contributed by atoms with van der Waals surface area (Å²) in [6.45, 7) is 1.83. The van der Waals surface area contributed by atoms with Crippen molar-refractivity contribution in [1.29, 1.82) is 5.26 Å². The average molecular weight is 342 g/mol. The topological polar surface area (TPSA) is 60.2 Å². The summed E-state index contributed by atoms with van der Waals surface area (Å²) in [5.41, 5.74) is 1.73. The smallest absolute Gasteiger partial charge is 0.129 e. The Morgan fingerprint density at radius 2 is 1.92 bits per heavy atom. The third kappa shape index (κ3) is 3.69. The summed E-state index contributed by atoms with van der Waals surface area (Å²) in [6.07, 6.45) is 4.31. The summed E-state index contributed by atoms with van der Waals surface area (Å²) in [6, 6.07) is 13.6. The number of aliphatic hydroxyl groups is 1. The van der Waals surface area contributed by atoms with Crippen LogP contribution in [-0.2, 0) is 6.42 Å². The number of hydrogen-bond acceptors (Lipinski definition) is 4. The van der Waals surface area contributed by atoms with E-state index in [2.05, 4.69) is 16.0 Å². The highest BCUT2D eigenvalue weighted by molar-refractivity contribution is 6.30. The zero-order valence-corrected chi connectivity index (χ0v) is 14.2. The predicted octanol–water partition coefficient (Wildman–Crippen LogP) is 3.43. The second-order valence-corrected chi connectivity index (χ2v) is 6.90. The Bertz CT molecular complexity index is 731. The van der Waals surface area contributed by atoms with Crippen molar-refractivity contribution in [3.63, 3.8) is 0 Å². The number of nitrogens with zero attached hydrogens (tertiary/aromatic N) is 3. The van der Waals surface area contributed by atoms with Gasteiger partial charge in [-0.15, -0.1) is 0 Å². The summed E-state index contributed by atoms with van der Waals surface area (Å²) >= 11 is 5.95.